The molecule has 1 radical (unpaired) electrons. The van der Waals surface area contributed by atoms with Crippen molar-refractivity contribution in [3.8, 4) is 0 Å². The third-order valence-corrected chi connectivity index (χ3v) is 0.989. The summed E-state index contributed by atoms with van der Waals surface area (Å²) in [4.78, 5) is 0. The van der Waals surface area contributed by atoms with Crippen LogP contribution in [0.15, 0.2) is 11.8 Å². The van der Waals surface area contributed by atoms with Crippen molar-refractivity contribution >= 4 is 0 Å². The summed E-state index contributed by atoms with van der Waals surface area (Å²) in [6.45, 7) is 3.71. The minimum absolute atomic E-state index is 0.193. The van der Waals surface area contributed by atoms with Crippen LogP contribution in [-0.4, -0.2) is 0 Å². The molecule has 0 spiro atoms. The molecule has 0 fully saturated rings. The zero-order chi connectivity index (χ0) is 6.41. The summed E-state index contributed by atoms with van der Waals surface area (Å²) < 4.78 is 0. The summed E-state index contributed by atoms with van der Waals surface area (Å²) >= 11 is 0. The fourth-order valence-corrected chi connectivity index (χ4v) is 0.509. The van der Waals surface area contributed by atoms with Gasteiger partial charge in [-0.15, -0.1) is 0 Å². The molecule has 0 N–H and O–H groups in total. The minimum Gasteiger partial charge on any atom is -0.296 e. The molecule has 0 aliphatic carbocycles. The van der Waals surface area contributed by atoms with E-state index in [9.17, 15) is 5.11 Å². The lowest BCUT2D eigenvalue weighted by molar-refractivity contribution is 0.298. The average molecular weight is 113 g/mol. The Hall–Kier alpha value is -0.460. The van der Waals surface area contributed by atoms with Gasteiger partial charge in [-0.1, -0.05) is 13.3 Å². The Morgan fingerprint density at radius 1 is 1.62 bits per heavy atom. The third kappa shape index (κ3) is 5.54. The minimum atomic E-state index is 0.193. The van der Waals surface area contributed by atoms with Gasteiger partial charge in [-0.3, -0.25) is 5.11 Å². The Balaban J connectivity index is 3.03. The first kappa shape index (κ1) is 7.54. The zero-order valence-electron chi connectivity index (χ0n) is 5.61. The Kier molecular flexibility index (Phi) is 4.42. The number of hydrogen-bond acceptors (Lipinski definition) is 0. The van der Waals surface area contributed by atoms with Gasteiger partial charge in [0, 0.05) is 0 Å². The number of unbranched alkanes of at least 4 members (excludes halogenated alkanes) is 2. The molecule has 0 unspecified atom stereocenters. The van der Waals surface area contributed by atoms with Crippen molar-refractivity contribution in [2.75, 3.05) is 0 Å². The first-order chi connectivity index (χ1) is 3.77. The Bertz CT molecular complexity index is 70.5. The molecule has 0 atom stereocenters. The maximum Gasteiger partial charge on any atom is 0.148 e. The second-order valence-corrected chi connectivity index (χ2v) is 1.96. The maximum atomic E-state index is 10.3. The van der Waals surface area contributed by atoms with Crippen molar-refractivity contribution in [2.24, 2.45) is 0 Å². The molecule has 0 aromatic carbocycles. The summed E-state index contributed by atoms with van der Waals surface area (Å²) in [5.41, 5.74) is 0. The summed E-state index contributed by atoms with van der Waals surface area (Å²) in [5, 5.41) is 10.3. The van der Waals surface area contributed by atoms with Gasteiger partial charge in [-0.2, -0.15) is 0 Å². The Morgan fingerprint density at radius 3 is 2.62 bits per heavy atom. The predicted octanol–water partition coefficient (Wildman–Crippen LogP) is 2.51. The normalized spacial score (nSPS) is 12.0. The van der Waals surface area contributed by atoms with Gasteiger partial charge in [0.15, 0.2) is 0 Å². The molecule has 0 aliphatic heterocycles. The SMILES string of the molecule is CCCCC=C(C)[O]. The fraction of sp³-hybridized carbons (Fsp3) is 0.714. The van der Waals surface area contributed by atoms with E-state index in [2.05, 4.69) is 6.92 Å². The van der Waals surface area contributed by atoms with E-state index in [-0.39, 0.29) is 5.76 Å². The summed E-state index contributed by atoms with van der Waals surface area (Å²) in [6, 6.07) is 0. The van der Waals surface area contributed by atoms with Gasteiger partial charge in [0.25, 0.3) is 0 Å². The zero-order valence-corrected chi connectivity index (χ0v) is 5.61. The Morgan fingerprint density at radius 2 is 2.25 bits per heavy atom. The topological polar surface area (TPSA) is 19.9 Å². The molecule has 0 aromatic heterocycles. The fourth-order valence-electron chi connectivity index (χ4n) is 0.509. The van der Waals surface area contributed by atoms with E-state index in [1.165, 1.54) is 6.42 Å². The highest BCUT2D eigenvalue weighted by molar-refractivity contribution is 4.84. The van der Waals surface area contributed by atoms with Crippen molar-refractivity contribution < 1.29 is 5.11 Å². The third-order valence-electron chi connectivity index (χ3n) is 0.989. The van der Waals surface area contributed by atoms with Crippen LogP contribution in [0.25, 0.3) is 0 Å². The summed E-state index contributed by atoms with van der Waals surface area (Å²) in [7, 11) is 0. The quantitative estimate of drug-likeness (QED) is 0.396. The molecular weight excluding hydrogens is 100 g/mol. The molecule has 0 rings (SSSR count). The van der Waals surface area contributed by atoms with Gasteiger partial charge < -0.3 is 0 Å². The van der Waals surface area contributed by atoms with E-state index in [1.54, 1.807) is 13.0 Å². The van der Waals surface area contributed by atoms with Gasteiger partial charge in [-0.05, 0) is 25.8 Å². The molecule has 0 heterocycles. The smallest absolute Gasteiger partial charge is 0.148 e. The van der Waals surface area contributed by atoms with Gasteiger partial charge in [0.1, 0.15) is 5.76 Å². The number of allylic oxidation sites excluding steroid dienone is 2. The first-order valence-corrected chi connectivity index (χ1v) is 3.11. The van der Waals surface area contributed by atoms with Gasteiger partial charge >= 0.3 is 0 Å². The van der Waals surface area contributed by atoms with Crippen LogP contribution in [0.5, 0.6) is 0 Å². The van der Waals surface area contributed by atoms with E-state index in [0.717, 1.165) is 12.8 Å². The average Bonchev–Trinajstić information content (AvgIpc) is 1.66. The predicted molar refractivity (Wildman–Crippen MR) is 34.0 cm³/mol. The van der Waals surface area contributed by atoms with Crippen LogP contribution in [0.4, 0.5) is 0 Å². The van der Waals surface area contributed by atoms with Crippen LogP contribution in [0.1, 0.15) is 33.1 Å². The molecule has 0 aromatic rings. The standard InChI is InChI=1S/C7H13O/c1-3-4-5-6-7(2)8/h6H,3-5H2,1-2H3. The molecule has 0 saturated heterocycles. The van der Waals surface area contributed by atoms with Gasteiger partial charge in [0.2, 0.25) is 0 Å². The molecular formula is C7H13O. The van der Waals surface area contributed by atoms with Crippen molar-refractivity contribution in [1.82, 2.24) is 0 Å². The van der Waals surface area contributed by atoms with Crippen LogP contribution >= 0.6 is 0 Å². The highest BCUT2D eigenvalue weighted by atomic mass is 16.3. The van der Waals surface area contributed by atoms with Crippen molar-refractivity contribution in [1.29, 1.82) is 0 Å². The Labute approximate surface area is 51.0 Å². The van der Waals surface area contributed by atoms with E-state index in [4.69, 9.17) is 0 Å². The summed E-state index contributed by atoms with van der Waals surface area (Å²) in [5.74, 6) is 0.193. The number of rotatable bonds is 3. The lowest BCUT2D eigenvalue weighted by Crippen LogP contribution is -1.69. The molecule has 47 valence electrons. The second-order valence-electron chi connectivity index (χ2n) is 1.96. The molecule has 0 amide bonds. The maximum absolute atomic E-state index is 10.3. The largest absolute Gasteiger partial charge is 0.296 e. The van der Waals surface area contributed by atoms with Gasteiger partial charge in [0.05, 0.1) is 0 Å². The van der Waals surface area contributed by atoms with E-state index in [1.807, 2.05) is 0 Å². The monoisotopic (exact) mass is 113 g/mol. The van der Waals surface area contributed by atoms with Crippen LogP contribution < -0.4 is 0 Å². The van der Waals surface area contributed by atoms with Crippen LogP contribution in [0.3, 0.4) is 0 Å². The number of hydrogen-bond donors (Lipinski definition) is 0. The van der Waals surface area contributed by atoms with Crippen LogP contribution in [0, 0.1) is 0 Å². The van der Waals surface area contributed by atoms with E-state index in [0.29, 0.717) is 0 Å². The van der Waals surface area contributed by atoms with E-state index < -0.39 is 0 Å². The van der Waals surface area contributed by atoms with Crippen molar-refractivity contribution in [3.05, 3.63) is 11.8 Å². The lowest BCUT2D eigenvalue weighted by Gasteiger charge is -1.86. The van der Waals surface area contributed by atoms with Crippen LogP contribution in [0.2, 0.25) is 0 Å². The molecule has 1 nitrogen and oxygen atoms in total. The van der Waals surface area contributed by atoms with Gasteiger partial charge in [-0.25, -0.2) is 0 Å². The highest BCUT2D eigenvalue weighted by Crippen LogP contribution is 1.97. The second kappa shape index (κ2) is 4.69. The van der Waals surface area contributed by atoms with E-state index >= 15 is 0 Å². The lowest BCUT2D eigenvalue weighted by atomic mass is 10.2. The molecule has 0 bridgehead atoms. The van der Waals surface area contributed by atoms with Crippen LogP contribution in [-0.2, 0) is 5.11 Å². The first-order valence-electron chi connectivity index (χ1n) is 3.11. The molecule has 0 aliphatic rings. The molecule has 0 saturated carbocycles. The van der Waals surface area contributed by atoms with Crippen molar-refractivity contribution in [2.45, 2.75) is 33.1 Å². The molecule has 1 heteroatoms. The highest BCUT2D eigenvalue weighted by Gasteiger charge is 1.81. The summed E-state index contributed by atoms with van der Waals surface area (Å²) in [6.07, 6.45) is 5.00. The molecule has 8 heavy (non-hydrogen) atoms. The van der Waals surface area contributed by atoms with Crippen molar-refractivity contribution in [3.63, 3.8) is 0 Å².